The molecule has 1 heterocycles. The van der Waals surface area contributed by atoms with E-state index in [-0.39, 0.29) is 0 Å². The van der Waals surface area contributed by atoms with E-state index in [1.54, 1.807) is 0 Å². The van der Waals surface area contributed by atoms with Crippen molar-refractivity contribution in [3.05, 3.63) is 0 Å². The second-order valence-electron chi connectivity index (χ2n) is 6.03. The van der Waals surface area contributed by atoms with Gasteiger partial charge in [-0.25, -0.2) is 0 Å². The van der Waals surface area contributed by atoms with Crippen molar-refractivity contribution in [2.45, 2.75) is 60.0 Å². The summed E-state index contributed by atoms with van der Waals surface area (Å²) in [6.45, 7) is 14.6. The molecule has 1 rings (SSSR count). The van der Waals surface area contributed by atoms with Gasteiger partial charge in [0.2, 0.25) is 0 Å². The van der Waals surface area contributed by atoms with Crippen molar-refractivity contribution >= 4 is 0 Å². The van der Waals surface area contributed by atoms with Crippen LogP contribution in [0.2, 0.25) is 0 Å². The maximum Gasteiger partial charge on any atom is 0.0618 e. The molecule has 1 saturated heterocycles. The van der Waals surface area contributed by atoms with Crippen LogP contribution in [-0.2, 0) is 4.74 Å². The zero-order valence-corrected chi connectivity index (χ0v) is 12.4. The first kappa shape index (κ1) is 15.0. The minimum atomic E-state index is 0.373. The smallest absolute Gasteiger partial charge is 0.0618 e. The Morgan fingerprint density at radius 3 is 2.35 bits per heavy atom. The van der Waals surface area contributed by atoms with Gasteiger partial charge in [-0.05, 0) is 31.7 Å². The third kappa shape index (κ3) is 3.45. The highest BCUT2D eigenvalue weighted by Crippen LogP contribution is 2.44. The van der Waals surface area contributed by atoms with Gasteiger partial charge in [0.1, 0.15) is 0 Å². The molecule has 2 heteroatoms. The summed E-state index contributed by atoms with van der Waals surface area (Å²) < 4.78 is 5.87. The summed E-state index contributed by atoms with van der Waals surface area (Å²) in [6, 6.07) is 0. The highest BCUT2D eigenvalue weighted by atomic mass is 16.5. The molecule has 17 heavy (non-hydrogen) atoms. The normalized spacial score (nSPS) is 29.5. The Morgan fingerprint density at radius 1 is 1.29 bits per heavy atom. The van der Waals surface area contributed by atoms with Crippen LogP contribution < -0.4 is 5.32 Å². The largest absolute Gasteiger partial charge is 0.378 e. The highest BCUT2D eigenvalue weighted by molar-refractivity contribution is 4.95. The van der Waals surface area contributed by atoms with Gasteiger partial charge in [-0.1, -0.05) is 40.5 Å². The monoisotopic (exact) mass is 241 g/mol. The Hall–Kier alpha value is -0.0800. The lowest BCUT2D eigenvalue weighted by Gasteiger charge is -2.40. The van der Waals surface area contributed by atoms with Crippen LogP contribution in [-0.4, -0.2) is 25.8 Å². The van der Waals surface area contributed by atoms with E-state index in [9.17, 15) is 0 Å². The first-order chi connectivity index (χ1) is 8.06. The zero-order chi connectivity index (χ0) is 12.9. The van der Waals surface area contributed by atoms with Crippen molar-refractivity contribution in [1.82, 2.24) is 5.32 Å². The van der Waals surface area contributed by atoms with Crippen molar-refractivity contribution in [3.63, 3.8) is 0 Å². The Balaban J connectivity index is 2.65. The minimum absolute atomic E-state index is 0.373. The summed E-state index contributed by atoms with van der Waals surface area (Å²) in [7, 11) is 0. The van der Waals surface area contributed by atoms with Crippen LogP contribution in [0.3, 0.4) is 0 Å². The standard InChI is InChI=1S/C15H31NO/c1-6-14(7-2)15(8-9-17-13(15)5)11-16-10-12(3)4/h12-14,16H,6-11H2,1-5H3. The van der Waals surface area contributed by atoms with Gasteiger partial charge in [0.05, 0.1) is 6.10 Å². The molecule has 0 aromatic heterocycles. The third-order valence-corrected chi connectivity index (χ3v) is 4.55. The summed E-state index contributed by atoms with van der Waals surface area (Å²) in [5, 5.41) is 3.67. The summed E-state index contributed by atoms with van der Waals surface area (Å²) in [6.07, 6.45) is 4.18. The van der Waals surface area contributed by atoms with Crippen molar-refractivity contribution in [2.75, 3.05) is 19.7 Å². The maximum absolute atomic E-state index is 5.87. The fourth-order valence-electron chi connectivity index (χ4n) is 3.40. The number of nitrogens with one attached hydrogen (secondary N) is 1. The quantitative estimate of drug-likeness (QED) is 0.737. The van der Waals surface area contributed by atoms with E-state index >= 15 is 0 Å². The molecule has 0 saturated carbocycles. The first-order valence-electron chi connectivity index (χ1n) is 7.39. The molecule has 2 nitrogen and oxygen atoms in total. The Bertz CT molecular complexity index is 213. The lowest BCUT2D eigenvalue weighted by molar-refractivity contribution is 0.0242. The van der Waals surface area contributed by atoms with Gasteiger partial charge < -0.3 is 10.1 Å². The van der Waals surface area contributed by atoms with Gasteiger partial charge in [0.15, 0.2) is 0 Å². The molecule has 102 valence electrons. The highest BCUT2D eigenvalue weighted by Gasteiger charge is 2.45. The van der Waals surface area contributed by atoms with Crippen LogP contribution in [0.5, 0.6) is 0 Å². The van der Waals surface area contributed by atoms with Crippen molar-refractivity contribution in [2.24, 2.45) is 17.3 Å². The maximum atomic E-state index is 5.87. The fraction of sp³-hybridized carbons (Fsp3) is 1.00. The average Bonchev–Trinajstić information content (AvgIpc) is 2.63. The molecule has 2 atom stereocenters. The number of ether oxygens (including phenoxy) is 1. The minimum Gasteiger partial charge on any atom is -0.378 e. The molecule has 0 spiro atoms. The third-order valence-electron chi connectivity index (χ3n) is 4.55. The van der Waals surface area contributed by atoms with Crippen LogP contribution in [0.25, 0.3) is 0 Å². The summed E-state index contributed by atoms with van der Waals surface area (Å²) in [4.78, 5) is 0. The lowest BCUT2D eigenvalue weighted by Crippen LogP contribution is -2.45. The molecule has 0 aromatic rings. The Labute approximate surface area is 108 Å². The topological polar surface area (TPSA) is 21.3 Å². The molecule has 0 amide bonds. The van der Waals surface area contributed by atoms with Gasteiger partial charge >= 0.3 is 0 Å². The van der Waals surface area contributed by atoms with Crippen molar-refractivity contribution < 1.29 is 4.74 Å². The molecular weight excluding hydrogens is 210 g/mol. The molecule has 2 unspecified atom stereocenters. The molecule has 1 fully saturated rings. The van der Waals surface area contributed by atoms with E-state index in [4.69, 9.17) is 4.74 Å². The number of hydrogen-bond donors (Lipinski definition) is 1. The molecule has 0 aromatic carbocycles. The van der Waals surface area contributed by atoms with E-state index in [2.05, 4.69) is 39.9 Å². The molecule has 1 N–H and O–H groups in total. The summed E-state index contributed by atoms with van der Waals surface area (Å²) in [5.41, 5.74) is 0.373. The van der Waals surface area contributed by atoms with Crippen LogP contribution >= 0.6 is 0 Å². The summed E-state index contributed by atoms with van der Waals surface area (Å²) in [5.74, 6) is 1.52. The van der Waals surface area contributed by atoms with E-state index < -0.39 is 0 Å². The Morgan fingerprint density at radius 2 is 1.94 bits per heavy atom. The van der Waals surface area contributed by atoms with Gasteiger partial charge in [0.25, 0.3) is 0 Å². The first-order valence-corrected chi connectivity index (χ1v) is 7.39. The second-order valence-corrected chi connectivity index (χ2v) is 6.03. The van der Waals surface area contributed by atoms with Crippen LogP contribution in [0.15, 0.2) is 0 Å². The predicted molar refractivity (Wildman–Crippen MR) is 74.2 cm³/mol. The van der Waals surface area contributed by atoms with E-state index in [1.807, 2.05) is 0 Å². The lowest BCUT2D eigenvalue weighted by atomic mass is 9.68. The van der Waals surface area contributed by atoms with Gasteiger partial charge in [0, 0.05) is 18.6 Å². The average molecular weight is 241 g/mol. The molecule has 1 aliphatic heterocycles. The van der Waals surface area contributed by atoms with Crippen LogP contribution in [0, 0.1) is 17.3 Å². The molecule has 0 bridgehead atoms. The van der Waals surface area contributed by atoms with E-state index in [0.717, 1.165) is 31.5 Å². The molecule has 0 aliphatic carbocycles. The van der Waals surface area contributed by atoms with Crippen LogP contribution in [0.4, 0.5) is 0 Å². The van der Waals surface area contributed by atoms with Crippen LogP contribution in [0.1, 0.15) is 53.9 Å². The van der Waals surface area contributed by atoms with E-state index in [0.29, 0.717) is 11.5 Å². The molecule has 0 radical (unpaired) electrons. The summed E-state index contributed by atoms with van der Waals surface area (Å²) >= 11 is 0. The second kappa shape index (κ2) is 6.75. The number of rotatable bonds is 7. The van der Waals surface area contributed by atoms with Gasteiger partial charge in [-0.15, -0.1) is 0 Å². The van der Waals surface area contributed by atoms with Gasteiger partial charge in [-0.2, -0.15) is 0 Å². The zero-order valence-electron chi connectivity index (χ0n) is 12.4. The molecule has 1 aliphatic rings. The van der Waals surface area contributed by atoms with E-state index in [1.165, 1.54) is 19.3 Å². The predicted octanol–water partition coefficient (Wildman–Crippen LogP) is 3.46. The van der Waals surface area contributed by atoms with Crippen molar-refractivity contribution in [3.8, 4) is 0 Å². The van der Waals surface area contributed by atoms with Gasteiger partial charge in [-0.3, -0.25) is 0 Å². The SMILES string of the molecule is CCC(CC)C1(CNCC(C)C)CCOC1C. The Kier molecular flexibility index (Phi) is 5.94. The molecular formula is C15H31NO. The fourth-order valence-corrected chi connectivity index (χ4v) is 3.40. The van der Waals surface area contributed by atoms with Crippen molar-refractivity contribution in [1.29, 1.82) is 0 Å². The number of hydrogen-bond acceptors (Lipinski definition) is 2.